The van der Waals surface area contributed by atoms with Crippen molar-refractivity contribution in [3.05, 3.63) is 45.4 Å². The Hall–Kier alpha value is -1.72. The number of rotatable bonds is 8. The second-order valence-electron chi connectivity index (χ2n) is 6.30. The van der Waals surface area contributed by atoms with Crippen LogP contribution in [0.5, 0.6) is 0 Å². The molecule has 0 bridgehead atoms. The van der Waals surface area contributed by atoms with Gasteiger partial charge < -0.3 is 5.32 Å². The van der Waals surface area contributed by atoms with Gasteiger partial charge in [-0.3, -0.25) is 9.69 Å². The van der Waals surface area contributed by atoms with E-state index in [0.717, 1.165) is 23.4 Å². The number of amides is 1. The van der Waals surface area contributed by atoms with Crippen molar-refractivity contribution in [1.29, 1.82) is 0 Å². The summed E-state index contributed by atoms with van der Waals surface area (Å²) >= 11 is 1.72. The smallest absolute Gasteiger partial charge is 0.238 e. The van der Waals surface area contributed by atoms with E-state index in [1.54, 1.807) is 11.3 Å². The summed E-state index contributed by atoms with van der Waals surface area (Å²) in [6, 6.07) is 5.96. The van der Waals surface area contributed by atoms with E-state index < -0.39 is 0 Å². The van der Waals surface area contributed by atoms with Crippen molar-refractivity contribution < 1.29 is 4.79 Å². The number of anilines is 1. The summed E-state index contributed by atoms with van der Waals surface area (Å²) in [7, 11) is 1.95. The van der Waals surface area contributed by atoms with Crippen LogP contribution < -0.4 is 5.32 Å². The zero-order valence-electron chi connectivity index (χ0n) is 15.1. The third kappa shape index (κ3) is 5.42. The van der Waals surface area contributed by atoms with E-state index in [1.807, 2.05) is 31.0 Å². The summed E-state index contributed by atoms with van der Waals surface area (Å²) in [4.78, 5) is 18.9. The third-order valence-electron chi connectivity index (χ3n) is 4.07. The Labute approximate surface area is 148 Å². The molecule has 4 nitrogen and oxygen atoms in total. The van der Waals surface area contributed by atoms with Crippen molar-refractivity contribution in [2.24, 2.45) is 0 Å². The van der Waals surface area contributed by atoms with Crippen LogP contribution in [0.4, 0.5) is 5.69 Å². The van der Waals surface area contributed by atoms with Gasteiger partial charge in [0.15, 0.2) is 0 Å². The van der Waals surface area contributed by atoms with Gasteiger partial charge in [-0.25, -0.2) is 4.98 Å². The van der Waals surface area contributed by atoms with E-state index in [2.05, 4.69) is 35.6 Å². The van der Waals surface area contributed by atoms with Crippen LogP contribution in [0.25, 0.3) is 0 Å². The molecule has 1 N–H and O–H groups in total. The lowest BCUT2D eigenvalue weighted by Gasteiger charge is -2.16. The Bertz CT molecular complexity index is 681. The second-order valence-corrected chi connectivity index (χ2v) is 7.25. The molecule has 5 heteroatoms. The fraction of sp³-hybridized carbons (Fsp3) is 0.474. The maximum atomic E-state index is 12.3. The third-order valence-corrected chi connectivity index (χ3v) is 5.03. The number of nitrogens with zero attached hydrogens (tertiary/aromatic N) is 2. The standard InChI is InChI=1S/C19H27N3OS/c1-5-6-10-19-20-16(13-24-19)11-22(4)12-18(23)21-17-9-7-8-14(2)15(17)3/h7-9,13H,5-6,10-12H2,1-4H3,(H,21,23). The Morgan fingerprint density at radius 1 is 1.33 bits per heavy atom. The van der Waals surface area contributed by atoms with Crippen LogP contribution in [0.1, 0.15) is 41.6 Å². The first-order valence-electron chi connectivity index (χ1n) is 8.47. The maximum Gasteiger partial charge on any atom is 0.238 e. The van der Waals surface area contributed by atoms with Crippen molar-refractivity contribution >= 4 is 22.9 Å². The molecule has 0 radical (unpaired) electrons. The molecule has 0 saturated carbocycles. The zero-order valence-corrected chi connectivity index (χ0v) is 15.9. The molecule has 2 aromatic rings. The van der Waals surface area contributed by atoms with E-state index in [4.69, 9.17) is 0 Å². The van der Waals surface area contributed by atoms with Crippen LogP contribution >= 0.6 is 11.3 Å². The second kappa shape index (κ2) is 8.94. The fourth-order valence-electron chi connectivity index (χ4n) is 2.52. The molecule has 2 rings (SSSR count). The van der Waals surface area contributed by atoms with E-state index in [9.17, 15) is 4.79 Å². The monoisotopic (exact) mass is 345 g/mol. The molecule has 0 aliphatic carbocycles. The first-order chi connectivity index (χ1) is 11.5. The highest BCUT2D eigenvalue weighted by atomic mass is 32.1. The van der Waals surface area contributed by atoms with Crippen molar-refractivity contribution in [2.75, 3.05) is 18.9 Å². The predicted octanol–water partition coefficient (Wildman–Crippen LogP) is 4.17. The largest absolute Gasteiger partial charge is 0.325 e. The number of nitrogens with one attached hydrogen (secondary N) is 1. The number of aromatic nitrogens is 1. The lowest BCUT2D eigenvalue weighted by Crippen LogP contribution is -2.30. The molecule has 0 fully saturated rings. The number of hydrogen-bond acceptors (Lipinski definition) is 4. The summed E-state index contributed by atoms with van der Waals surface area (Å²) < 4.78 is 0. The lowest BCUT2D eigenvalue weighted by molar-refractivity contribution is -0.117. The summed E-state index contributed by atoms with van der Waals surface area (Å²) in [5, 5.41) is 6.30. The average molecular weight is 346 g/mol. The van der Waals surface area contributed by atoms with Gasteiger partial charge in [0, 0.05) is 17.6 Å². The molecule has 0 aliphatic heterocycles. The van der Waals surface area contributed by atoms with Gasteiger partial charge in [-0.1, -0.05) is 25.5 Å². The first kappa shape index (κ1) is 18.6. The normalized spacial score (nSPS) is 11.0. The number of likely N-dealkylation sites (N-methyl/N-ethyl adjacent to an activating group) is 1. The molecule has 0 spiro atoms. The van der Waals surface area contributed by atoms with E-state index in [1.165, 1.54) is 23.4 Å². The summed E-state index contributed by atoms with van der Waals surface area (Å²) in [6.07, 6.45) is 3.42. The Kier molecular flexibility index (Phi) is 6.94. The number of carbonyl (C=O) groups is 1. The van der Waals surface area contributed by atoms with E-state index >= 15 is 0 Å². The average Bonchev–Trinajstić information content (AvgIpc) is 2.97. The van der Waals surface area contributed by atoms with Crippen LogP contribution in [0.15, 0.2) is 23.6 Å². The molecule has 1 aromatic carbocycles. The first-order valence-corrected chi connectivity index (χ1v) is 9.35. The van der Waals surface area contributed by atoms with E-state index in [-0.39, 0.29) is 5.91 Å². The number of aryl methyl sites for hydroxylation is 2. The van der Waals surface area contributed by atoms with Crippen molar-refractivity contribution in [2.45, 2.75) is 46.6 Å². The van der Waals surface area contributed by atoms with Crippen molar-refractivity contribution in [3.63, 3.8) is 0 Å². The minimum atomic E-state index is 0.00707. The van der Waals surface area contributed by atoms with Crippen LogP contribution in [0, 0.1) is 13.8 Å². The fourth-order valence-corrected chi connectivity index (χ4v) is 3.35. The number of benzene rings is 1. The molecule has 130 valence electrons. The van der Waals surface area contributed by atoms with Gasteiger partial charge in [-0.05, 0) is 50.9 Å². The highest BCUT2D eigenvalue weighted by Gasteiger charge is 2.11. The van der Waals surface area contributed by atoms with Crippen LogP contribution in [0.3, 0.4) is 0 Å². The van der Waals surface area contributed by atoms with Crippen LogP contribution in [0.2, 0.25) is 0 Å². The molecule has 0 unspecified atom stereocenters. The molecular formula is C19H27N3OS. The number of hydrogen-bond donors (Lipinski definition) is 1. The van der Waals surface area contributed by atoms with E-state index in [0.29, 0.717) is 13.1 Å². The summed E-state index contributed by atoms with van der Waals surface area (Å²) in [5.41, 5.74) is 4.24. The van der Waals surface area contributed by atoms with Gasteiger partial charge in [0.25, 0.3) is 0 Å². The summed E-state index contributed by atoms with van der Waals surface area (Å²) in [5.74, 6) is 0.00707. The van der Waals surface area contributed by atoms with Gasteiger partial charge in [-0.15, -0.1) is 11.3 Å². The topological polar surface area (TPSA) is 45.2 Å². The minimum Gasteiger partial charge on any atom is -0.325 e. The SMILES string of the molecule is CCCCc1nc(CN(C)CC(=O)Nc2cccc(C)c2C)cs1. The molecule has 0 atom stereocenters. The molecule has 0 aliphatic rings. The molecule has 1 amide bonds. The van der Waals surface area contributed by atoms with Crippen molar-refractivity contribution in [1.82, 2.24) is 9.88 Å². The van der Waals surface area contributed by atoms with Crippen LogP contribution in [-0.4, -0.2) is 29.4 Å². The zero-order chi connectivity index (χ0) is 17.5. The van der Waals surface area contributed by atoms with Crippen molar-refractivity contribution in [3.8, 4) is 0 Å². The van der Waals surface area contributed by atoms with Gasteiger partial charge in [0.2, 0.25) is 5.91 Å². The lowest BCUT2D eigenvalue weighted by atomic mass is 10.1. The molecular weight excluding hydrogens is 318 g/mol. The molecule has 0 saturated heterocycles. The number of unbranched alkanes of at least 4 members (excludes halogenated alkanes) is 1. The molecule has 1 aromatic heterocycles. The minimum absolute atomic E-state index is 0.00707. The Balaban J connectivity index is 1.85. The molecule has 24 heavy (non-hydrogen) atoms. The van der Waals surface area contributed by atoms with Gasteiger partial charge >= 0.3 is 0 Å². The quantitative estimate of drug-likeness (QED) is 0.781. The maximum absolute atomic E-state index is 12.3. The summed E-state index contributed by atoms with van der Waals surface area (Å²) in [6.45, 7) is 7.33. The van der Waals surface area contributed by atoms with Gasteiger partial charge in [0.1, 0.15) is 0 Å². The highest BCUT2D eigenvalue weighted by Crippen LogP contribution is 2.18. The predicted molar refractivity (Wildman–Crippen MR) is 102 cm³/mol. The highest BCUT2D eigenvalue weighted by molar-refractivity contribution is 7.09. The number of carbonyl (C=O) groups excluding carboxylic acids is 1. The van der Waals surface area contributed by atoms with Gasteiger partial charge in [0.05, 0.1) is 17.2 Å². The molecule has 1 heterocycles. The number of thiazole rings is 1. The Morgan fingerprint density at radius 3 is 2.88 bits per heavy atom. The van der Waals surface area contributed by atoms with Gasteiger partial charge in [-0.2, -0.15) is 0 Å². The van der Waals surface area contributed by atoms with Crippen LogP contribution in [-0.2, 0) is 17.8 Å². The Morgan fingerprint density at radius 2 is 2.12 bits per heavy atom.